The molecule has 0 saturated heterocycles. The highest BCUT2D eigenvalue weighted by atomic mass is 127. The van der Waals surface area contributed by atoms with Crippen LogP contribution in [0.3, 0.4) is 0 Å². The van der Waals surface area contributed by atoms with Crippen LogP contribution in [0.15, 0.2) is 18.3 Å². The summed E-state index contributed by atoms with van der Waals surface area (Å²) in [6, 6.07) is 3.56. The molecule has 0 spiro atoms. The summed E-state index contributed by atoms with van der Waals surface area (Å²) in [4.78, 5) is 14.1. The number of carbonyl (C=O) groups is 1. The van der Waals surface area contributed by atoms with Crippen molar-refractivity contribution in [3.05, 3.63) is 27.6 Å². The van der Waals surface area contributed by atoms with Crippen LogP contribution in [-0.2, 0) is 11.2 Å². The van der Waals surface area contributed by atoms with E-state index in [0.717, 1.165) is 3.57 Å². The van der Waals surface area contributed by atoms with Crippen LogP contribution >= 0.6 is 22.6 Å². The fourth-order valence-electron chi connectivity index (χ4n) is 0.666. The van der Waals surface area contributed by atoms with Gasteiger partial charge in [-0.2, -0.15) is 0 Å². The number of carboxylic acids is 1. The Morgan fingerprint density at radius 1 is 1.64 bits per heavy atom. The second-order valence-corrected chi connectivity index (χ2v) is 3.28. The number of carboxylic acid groups (broad SMARTS) is 1. The van der Waals surface area contributed by atoms with Crippen molar-refractivity contribution >= 4 is 28.6 Å². The van der Waals surface area contributed by atoms with E-state index in [2.05, 4.69) is 27.6 Å². The molecule has 0 bridgehead atoms. The minimum absolute atomic E-state index is 0.00306. The number of hydrogen-bond acceptors (Lipinski definition) is 2. The lowest BCUT2D eigenvalue weighted by atomic mass is 10.3. The third-order valence-electron chi connectivity index (χ3n) is 1.12. The molecule has 0 radical (unpaired) electrons. The van der Waals surface area contributed by atoms with E-state index in [4.69, 9.17) is 5.11 Å². The fourth-order valence-corrected chi connectivity index (χ4v) is 0.985. The molecule has 0 unspecified atom stereocenters. The van der Waals surface area contributed by atoms with Crippen LogP contribution in [0.4, 0.5) is 0 Å². The lowest BCUT2D eigenvalue weighted by Gasteiger charge is -1.94. The van der Waals surface area contributed by atoms with Gasteiger partial charge in [-0.15, -0.1) is 0 Å². The molecular weight excluding hydrogens is 257 g/mol. The Morgan fingerprint density at radius 2 is 2.36 bits per heavy atom. The molecule has 0 aliphatic heterocycles. The molecule has 0 fully saturated rings. The van der Waals surface area contributed by atoms with Crippen LogP contribution in [0, 0.1) is 3.57 Å². The van der Waals surface area contributed by atoms with Crippen molar-refractivity contribution in [3.63, 3.8) is 0 Å². The van der Waals surface area contributed by atoms with E-state index in [1.807, 2.05) is 6.07 Å². The molecule has 0 aromatic carbocycles. The van der Waals surface area contributed by atoms with Gasteiger partial charge in [0.25, 0.3) is 0 Å². The van der Waals surface area contributed by atoms with Crippen LogP contribution in [0.1, 0.15) is 5.69 Å². The van der Waals surface area contributed by atoms with E-state index in [-0.39, 0.29) is 6.42 Å². The van der Waals surface area contributed by atoms with Crippen molar-refractivity contribution in [2.24, 2.45) is 0 Å². The Hall–Kier alpha value is -0.650. The summed E-state index contributed by atoms with van der Waals surface area (Å²) < 4.78 is 1.01. The molecule has 11 heavy (non-hydrogen) atoms. The fraction of sp³-hybridized carbons (Fsp3) is 0.143. The number of aliphatic carboxylic acids is 1. The van der Waals surface area contributed by atoms with E-state index in [1.165, 1.54) is 0 Å². The molecule has 1 aromatic heterocycles. The molecule has 0 atom stereocenters. The van der Waals surface area contributed by atoms with Crippen molar-refractivity contribution in [1.82, 2.24) is 4.98 Å². The summed E-state index contributed by atoms with van der Waals surface area (Å²) >= 11 is 2.12. The molecule has 0 saturated carbocycles. The summed E-state index contributed by atoms with van der Waals surface area (Å²) in [5.74, 6) is -0.848. The summed E-state index contributed by atoms with van der Waals surface area (Å²) in [5.41, 5.74) is 0.595. The Balaban J connectivity index is 2.74. The summed E-state index contributed by atoms with van der Waals surface area (Å²) in [6.45, 7) is 0. The maximum Gasteiger partial charge on any atom is 0.309 e. The van der Waals surface area contributed by atoms with Crippen molar-refractivity contribution in [2.45, 2.75) is 6.42 Å². The van der Waals surface area contributed by atoms with Crippen LogP contribution in [0.25, 0.3) is 0 Å². The summed E-state index contributed by atoms with van der Waals surface area (Å²) in [5, 5.41) is 8.39. The molecule has 0 amide bonds. The van der Waals surface area contributed by atoms with Crippen LogP contribution in [0.2, 0.25) is 0 Å². The van der Waals surface area contributed by atoms with E-state index in [9.17, 15) is 4.79 Å². The smallest absolute Gasteiger partial charge is 0.309 e. The van der Waals surface area contributed by atoms with Gasteiger partial charge >= 0.3 is 5.97 Å². The SMILES string of the molecule is O=C(O)Cc1ccc(I)cn1. The molecule has 1 aromatic rings. The molecule has 0 aliphatic rings. The molecule has 1 N–H and O–H groups in total. The quantitative estimate of drug-likeness (QED) is 0.818. The first-order valence-corrected chi connectivity index (χ1v) is 4.08. The van der Waals surface area contributed by atoms with Gasteiger partial charge in [0.05, 0.1) is 12.1 Å². The van der Waals surface area contributed by atoms with Crippen molar-refractivity contribution < 1.29 is 9.90 Å². The molecule has 3 nitrogen and oxygen atoms in total. The second kappa shape index (κ2) is 3.66. The first-order valence-electron chi connectivity index (χ1n) is 3.00. The first kappa shape index (κ1) is 8.45. The van der Waals surface area contributed by atoms with Gasteiger partial charge < -0.3 is 5.11 Å². The molecular formula is C7H6INO2. The lowest BCUT2D eigenvalue weighted by Crippen LogP contribution is -2.01. The molecule has 0 aliphatic carbocycles. The topological polar surface area (TPSA) is 50.2 Å². The lowest BCUT2D eigenvalue weighted by molar-refractivity contribution is -0.136. The highest BCUT2D eigenvalue weighted by molar-refractivity contribution is 14.1. The minimum Gasteiger partial charge on any atom is -0.481 e. The number of pyridine rings is 1. The maximum atomic E-state index is 10.2. The van der Waals surface area contributed by atoms with Gasteiger partial charge in [-0.3, -0.25) is 9.78 Å². The summed E-state index contributed by atoms with van der Waals surface area (Å²) in [7, 11) is 0. The highest BCUT2D eigenvalue weighted by Gasteiger charge is 1.99. The Morgan fingerprint density at radius 3 is 2.82 bits per heavy atom. The van der Waals surface area contributed by atoms with Gasteiger partial charge in [0.1, 0.15) is 0 Å². The third-order valence-corrected chi connectivity index (χ3v) is 1.76. The van der Waals surface area contributed by atoms with Crippen LogP contribution < -0.4 is 0 Å². The number of halogens is 1. The zero-order chi connectivity index (χ0) is 8.27. The van der Waals surface area contributed by atoms with Crippen molar-refractivity contribution in [1.29, 1.82) is 0 Å². The second-order valence-electron chi connectivity index (χ2n) is 2.04. The minimum atomic E-state index is -0.848. The van der Waals surface area contributed by atoms with Gasteiger partial charge in [0, 0.05) is 9.77 Å². The van der Waals surface area contributed by atoms with Gasteiger partial charge in [-0.1, -0.05) is 0 Å². The highest BCUT2D eigenvalue weighted by Crippen LogP contribution is 2.03. The molecule has 1 rings (SSSR count). The molecule has 4 heteroatoms. The van der Waals surface area contributed by atoms with E-state index in [1.54, 1.807) is 12.3 Å². The Labute approximate surface area is 77.6 Å². The average molecular weight is 263 g/mol. The van der Waals surface area contributed by atoms with E-state index >= 15 is 0 Å². The number of rotatable bonds is 2. The Kier molecular flexibility index (Phi) is 2.81. The van der Waals surface area contributed by atoms with Gasteiger partial charge in [-0.25, -0.2) is 0 Å². The number of nitrogens with zero attached hydrogens (tertiary/aromatic N) is 1. The van der Waals surface area contributed by atoms with Gasteiger partial charge in [0.15, 0.2) is 0 Å². The first-order chi connectivity index (χ1) is 5.18. The maximum absolute atomic E-state index is 10.2. The van der Waals surface area contributed by atoms with Crippen molar-refractivity contribution in [3.8, 4) is 0 Å². The number of hydrogen-bond donors (Lipinski definition) is 1. The average Bonchev–Trinajstić information content (AvgIpc) is 1.93. The van der Waals surface area contributed by atoms with Gasteiger partial charge in [-0.05, 0) is 34.7 Å². The zero-order valence-corrected chi connectivity index (χ0v) is 7.78. The van der Waals surface area contributed by atoms with Gasteiger partial charge in [0.2, 0.25) is 0 Å². The molecule has 58 valence electrons. The largest absolute Gasteiger partial charge is 0.481 e. The normalized spacial score (nSPS) is 9.55. The van der Waals surface area contributed by atoms with Crippen LogP contribution in [0.5, 0.6) is 0 Å². The number of aromatic nitrogens is 1. The zero-order valence-electron chi connectivity index (χ0n) is 5.62. The van der Waals surface area contributed by atoms with Crippen molar-refractivity contribution in [2.75, 3.05) is 0 Å². The van der Waals surface area contributed by atoms with E-state index in [0.29, 0.717) is 5.69 Å². The standard InChI is InChI=1S/C7H6INO2/c8-5-1-2-6(9-4-5)3-7(10)11/h1-2,4H,3H2,(H,10,11). The van der Waals surface area contributed by atoms with E-state index < -0.39 is 5.97 Å². The molecule has 1 heterocycles. The Bertz CT molecular complexity index is 258. The summed E-state index contributed by atoms with van der Waals surface area (Å²) in [6.07, 6.45) is 1.65. The van der Waals surface area contributed by atoms with Crippen LogP contribution in [-0.4, -0.2) is 16.1 Å². The predicted molar refractivity (Wildman–Crippen MR) is 48.3 cm³/mol. The predicted octanol–water partition coefficient (Wildman–Crippen LogP) is 1.31. The monoisotopic (exact) mass is 263 g/mol. The third kappa shape index (κ3) is 2.83.